The third kappa shape index (κ3) is 7.03. The van der Waals surface area contributed by atoms with Gasteiger partial charge < -0.3 is 29.7 Å². The van der Waals surface area contributed by atoms with Crippen LogP contribution in [0.2, 0.25) is 0 Å². The molecule has 11 nitrogen and oxygen atoms in total. The second kappa shape index (κ2) is 13.0. The average Bonchev–Trinajstić information content (AvgIpc) is 3.38. The Bertz CT molecular complexity index is 1150. The van der Waals surface area contributed by atoms with Gasteiger partial charge in [0, 0.05) is 52.0 Å². The molecule has 4 aliphatic rings. The van der Waals surface area contributed by atoms with Gasteiger partial charge in [-0.2, -0.15) is 0 Å². The number of carbonyl (C=O) groups excluding carboxylic acids is 5. The minimum Gasteiger partial charge on any atom is -0.378 e. The molecule has 4 heterocycles. The first-order chi connectivity index (χ1) is 19.8. The zero-order chi connectivity index (χ0) is 28.9. The lowest BCUT2D eigenvalue weighted by Crippen LogP contribution is -2.53. The zero-order valence-corrected chi connectivity index (χ0v) is 23.2. The summed E-state index contributed by atoms with van der Waals surface area (Å²) in [6.07, 6.45) is -0.652. The Morgan fingerprint density at radius 2 is 1.76 bits per heavy atom. The molecule has 0 saturated carbocycles. The number of halogens is 1. The third-order valence-corrected chi connectivity index (χ3v) is 8.64. The molecule has 4 aliphatic heterocycles. The van der Waals surface area contributed by atoms with E-state index >= 15 is 0 Å². The highest BCUT2D eigenvalue weighted by atomic mass is 19.1. The van der Waals surface area contributed by atoms with E-state index < -0.39 is 36.5 Å². The Morgan fingerprint density at radius 3 is 2.51 bits per heavy atom. The Balaban J connectivity index is 1.33. The van der Waals surface area contributed by atoms with E-state index in [-0.39, 0.29) is 69.1 Å². The summed E-state index contributed by atoms with van der Waals surface area (Å²) in [6, 6.07) is 8.39. The summed E-state index contributed by atoms with van der Waals surface area (Å²) < 4.78 is 19.9. The number of benzene rings is 1. The van der Waals surface area contributed by atoms with Crippen molar-refractivity contribution < 1.29 is 33.1 Å². The van der Waals surface area contributed by atoms with E-state index in [1.807, 2.05) is 30.3 Å². The molecule has 1 aromatic carbocycles. The van der Waals surface area contributed by atoms with E-state index in [1.54, 1.807) is 9.80 Å². The number of morpholine rings is 1. The van der Waals surface area contributed by atoms with Gasteiger partial charge in [-0.3, -0.25) is 24.0 Å². The number of rotatable bonds is 6. The molecule has 5 rings (SSSR count). The van der Waals surface area contributed by atoms with Crippen LogP contribution in [0.4, 0.5) is 4.39 Å². The van der Waals surface area contributed by atoms with Crippen LogP contribution in [-0.2, 0) is 35.3 Å². The van der Waals surface area contributed by atoms with Crippen molar-refractivity contribution in [2.45, 2.75) is 44.4 Å². The number of hydrogen-bond donors (Lipinski definition) is 1. The van der Waals surface area contributed by atoms with Crippen molar-refractivity contribution in [2.75, 3.05) is 59.0 Å². The highest BCUT2D eigenvalue weighted by Crippen LogP contribution is 2.33. The number of ether oxygens (including phenoxy) is 1. The predicted octanol–water partition coefficient (Wildman–Crippen LogP) is 0.188. The van der Waals surface area contributed by atoms with Gasteiger partial charge in [0.05, 0.1) is 19.8 Å². The summed E-state index contributed by atoms with van der Waals surface area (Å²) in [5.41, 5.74) is 0.892. The van der Waals surface area contributed by atoms with Crippen LogP contribution >= 0.6 is 0 Å². The van der Waals surface area contributed by atoms with Gasteiger partial charge in [0.1, 0.15) is 25.3 Å². The number of nitrogens with zero attached hydrogens (tertiary/aromatic N) is 4. The zero-order valence-electron chi connectivity index (χ0n) is 23.2. The summed E-state index contributed by atoms with van der Waals surface area (Å²) in [5, 5.41) is 2.79. The summed E-state index contributed by atoms with van der Waals surface area (Å²) in [5.74, 6) is -2.17. The molecule has 0 spiro atoms. The van der Waals surface area contributed by atoms with Gasteiger partial charge in [0.25, 0.3) is 0 Å². The van der Waals surface area contributed by atoms with Gasteiger partial charge >= 0.3 is 0 Å². The molecule has 0 aliphatic carbocycles. The summed E-state index contributed by atoms with van der Waals surface area (Å²) in [4.78, 5) is 72.3. The molecular formula is C29H38FN5O6. The van der Waals surface area contributed by atoms with Gasteiger partial charge in [-0.1, -0.05) is 30.3 Å². The van der Waals surface area contributed by atoms with Crippen LogP contribution in [0.1, 0.15) is 31.2 Å². The van der Waals surface area contributed by atoms with E-state index in [9.17, 15) is 28.4 Å². The molecule has 0 unspecified atom stereocenters. The molecule has 5 amide bonds. The molecular weight excluding hydrogens is 533 g/mol. The Morgan fingerprint density at radius 1 is 1.00 bits per heavy atom. The van der Waals surface area contributed by atoms with Crippen LogP contribution < -0.4 is 5.32 Å². The Hall–Kier alpha value is -3.54. The molecule has 1 N–H and O–H groups in total. The van der Waals surface area contributed by atoms with Crippen molar-refractivity contribution in [3.05, 3.63) is 35.9 Å². The van der Waals surface area contributed by atoms with Crippen LogP contribution in [0.5, 0.6) is 0 Å². The van der Waals surface area contributed by atoms with Gasteiger partial charge in [-0.15, -0.1) is 0 Å². The van der Waals surface area contributed by atoms with Gasteiger partial charge in [-0.05, 0) is 23.8 Å². The maximum Gasteiger partial charge on any atom is 0.245 e. The van der Waals surface area contributed by atoms with Crippen LogP contribution in [-0.4, -0.2) is 120 Å². The summed E-state index contributed by atoms with van der Waals surface area (Å²) >= 11 is 0. The number of hydrogen-bond acceptors (Lipinski definition) is 6. The van der Waals surface area contributed by atoms with Crippen molar-refractivity contribution in [2.24, 2.45) is 11.8 Å². The maximum absolute atomic E-state index is 14.5. The quantitative estimate of drug-likeness (QED) is 0.521. The molecule has 222 valence electrons. The van der Waals surface area contributed by atoms with Gasteiger partial charge in [0.15, 0.2) is 0 Å². The minimum atomic E-state index is -1.34. The first-order valence-corrected chi connectivity index (χ1v) is 14.4. The predicted molar refractivity (Wildman–Crippen MR) is 145 cm³/mol. The largest absolute Gasteiger partial charge is 0.378 e. The summed E-state index contributed by atoms with van der Waals surface area (Å²) in [6.45, 7) is 1.95. The fourth-order valence-electron chi connectivity index (χ4n) is 6.32. The molecule has 1 aromatic rings. The minimum absolute atomic E-state index is 0.000482. The van der Waals surface area contributed by atoms with Crippen molar-refractivity contribution in [3.8, 4) is 0 Å². The molecule has 2 bridgehead atoms. The smallest absolute Gasteiger partial charge is 0.245 e. The van der Waals surface area contributed by atoms with E-state index in [0.717, 1.165) is 5.56 Å². The number of amides is 5. The Kier molecular flexibility index (Phi) is 9.16. The van der Waals surface area contributed by atoms with E-state index in [4.69, 9.17) is 4.74 Å². The monoisotopic (exact) mass is 571 g/mol. The molecule has 0 radical (unpaired) electrons. The van der Waals surface area contributed by atoms with Crippen molar-refractivity contribution in [1.82, 2.24) is 24.9 Å². The Labute approximate surface area is 238 Å². The van der Waals surface area contributed by atoms with E-state index in [0.29, 0.717) is 39.3 Å². The van der Waals surface area contributed by atoms with E-state index in [2.05, 4.69) is 5.32 Å². The maximum atomic E-state index is 14.5. The summed E-state index contributed by atoms with van der Waals surface area (Å²) in [7, 11) is 0. The highest BCUT2D eigenvalue weighted by molar-refractivity contribution is 5.93. The third-order valence-electron chi connectivity index (χ3n) is 8.64. The lowest BCUT2D eigenvalue weighted by atomic mass is 9.80. The van der Waals surface area contributed by atoms with E-state index in [1.165, 1.54) is 9.80 Å². The van der Waals surface area contributed by atoms with Crippen LogP contribution in [0.3, 0.4) is 0 Å². The topological polar surface area (TPSA) is 120 Å². The second-order valence-electron chi connectivity index (χ2n) is 11.4. The molecule has 12 heteroatoms. The fraction of sp³-hybridized carbons (Fsp3) is 0.621. The SMILES string of the molecule is O=C(CN1CC(=O)N2C[C@@H](F)C[C@H]2C(=O)N2CC[C@@H](CC(=O)N3CCOCC3)[C@@H](CC1=O)C2)NCc1ccccc1. The molecule has 4 fully saturated rings. The van der Waals surface area contributed by atoms with Gasteiger partial charge in [0.2, 0.25) is 29.5 Å². The standard InChI is InChI=1S/C29H38FN5O6/c30-23-14-24-29(40)33-7-6-21(12-26(37)32-8-10-41-11-9-32)22(16-33)13-27(38)34(19-28(39)35(24)17-23)18-25(36)31-15-20-4-2-1-3-5-20/h1-5,21-24H,6-19H2,(H,31,36)/t21-,22-,23-,24-/m0/s1. The van der Waals surface area contributed by atoms with Crippen LogP contribution in [0.15, 0.2) is 30.3 Å². The molecule has 4 atom stereocenters. The number of carbonyl (C=O) groups is 5. The first-order valence-electron chi connectivity index (χ1n) is 14.4. The molecule has 0 aromatic heterocycles. The first kappa shape index (κ1) is 29.0. The van der Waals surface area contributed by atoms with Crippen LogP contribution in [0, 0.1) is 11.8 Å². The normalized spacial score (nSPS) is 27.4. The van der Waals surface area contributed by atoms with Gasteiger partial charge in [-0.25, -0.2) is 4.39 Å². The number of nitrogens with one attached hydrogen (secondary N) is 1. The number of fused-ring (bicyclic) bond motifs is 3. The number of alkyl halides is 1. The lowest BCUT2D eigenvalue weighted by Gasteiger charge is -2.40. The molecule has 41 heavy (non-hydrogen) atoms. The van der Waals surface area contributed by atoms with Crippen molar-refractivity contribution in [3.63, 3.8) is 0 Å². The van der Waals surface area contributed by atoms with Crippen molar-refractivity contribution in [1.29, 1.82) is 0 Å². The van der Waals surface area contributed by atoms with Crippen LogP contribution in [0.25, 0.3) is 0 Å². The average molecular weight is 572 g/mol. The fourth-order valence-corrected chi connectivity index (χ4v) is 6.32. The lowest BCUT2D eigenvalue weighted by molar-refractivity contribution is -0.146. The molecule has 4 saturated heterocycles. The highest BCUT2D eigenvalue weighted by Gasteiger charge is 2.45. The number of piperidine rings is 1. The second-order valence-corrected chi connectivity index (χ2v) is 11.4. The van der Waals surface area contributed by atoms with Crippen molar-refractivity contribution >= 4 is 29.5 Å².